The van der Waals surface area contributed by atoms with Crippen molar-refractivity contribution in [2.75, 3.05) is 17.2 Å². The van der Waals surface area contributed by atoms with Gasteiger partial charge in [-0.25, -0.2) is 4.39 Å². The molecule has 0 unspecified atom stereocenters. The summed E-state index contributed by atoms with van der Waals surface area (Å²) in [7, 11) is 0. The topological polar surface area (TPSA) is 61.4 Å². The molecule has 2 aliphatic carbocycles. The number of carbonyl (C=O) groups excluding carboxylic acids is 2. The van der Waals surface area contributed by atoms with Gasteiger partial charge in [0.05, 0.1) is 17.5 Å². The number of fused-ring (bicyclic) bond motifs is 1. The second-order valence-corrected chi connectivity index (χ2v) is 11.8. The minimum Gasteiger partial charge on any atom is -0.382 e. The lowest BCUT2D eigenvalue weighted by Crippen LogP contribution is -2.46. The summed E-state index contributed by atoms with van der Waals surface area (Å²) < 4.78 is 15.0. The first-order valence-corrected chi connectivity index (χ1v) is 14.9. The fraction of sp³-hybridized carbons (Fsp3) is 0.371. The summed E-state index contributed by atoms with van der Waals surface area (Å²) >= 11 is 0. The van der Waals surface area contributed by atoms with E-state index in [0.717, 1.165) is 23.4 Å². The summed E-state index contributed by atoms with van der Waals surface area (Å²) in [4.78, 5) is 29.6. The van der Waals surface area contributed by atoms with Crippen LogP contribution in [0, 0.1) is 18.7 Å². The minimum absolute atomic E-state index is 0.0824. The van der Waals surface area contributed by atoms with Crippen LogP contribution in [0.25, 0.3) is 5.57 Å². The van der Waals surface area contributed by atoms with Gasteiger partial charge < -0.3 is 15.5 Å². The lowest BCUT2D eigenvalue weighted by atomic mass is 9.83. The van der Waals surface area contributed by atoms with E-state index in [-0.39, 0.29) is 17.4 Å². The Labute approximate surface area is 241 Å². The van der Waals surface area contributed by atoms with Gasteiger partial charge in [0, 0.05) is 24.0 Å². The third kappa shape index (κ3) is 5.52. The van der Waals surface area contributed by atoms with Crippen LogP contribution >= 0.6 is 0 Å². The Hall–Kier alpha value is -3.93. The predicted octanol–water partition coefficient (Wildman–Crippen LogP) is 7.68. The van der Waals surface area contributed by atoms with Crippen molar-refractivity contribution < 1.29 is 14.0 Å². The predicted molar refractivity (Wildman–Crippen MR) is 162 cm³/mol. The van der Waals surface area contributed by atoms with Gasteiger partial charge >= 0.3 is 0 Å². The van der Waals surface area contributed by atoms with Gasteiger partial charge in [-0.05, 0) is 104 Å². The largest absolute Gasteiger partial charge is 0.382 e. The molecule has 3 aromatic rings. The van der Waals surface area contributed by atoms with Gasteiger partial charge in [0.2, 0.25) is 5.91 Å². The minimum atomic E-state index is -0.530. The first-order chi connectivity index (χ1) is 19.9. The Morgan fingerprint density at radius 3 is 2.41 bits per heavy atom. The van der Waals surface area contributed by atoms with E-state index in [9.17, 15) is 14.0 Å². The van der Waals surface area contributed by atoms with Crippen molar-refractivity contribution in [2.24, 2.45) is 5.92 Å². The average molecular weight is 552 g/mol. The van der Waals surface area contributed by atoms with Crippen molar-refractivity contribution in [3.63, 3.8) is 0 Å². The van der Waals surface area contributed by atoms with Crippen molar-refractivity contribution in [1.82, 2.24) is 4.90 Å². The van der Waals surface area contributed by atoms with E-state index in [1.807, 2.05) is 36.4 Å². The summed E-state index contributed by atoms with van der Waals surface area (Å²) in [5.41, 5.74) is 7.01. The number of nitrogens with one attached hydrogen (secondary N) is 2. The number of benzene rings is 3. The molecule has 2 N–H and O–H groups in total. The molecule has 6 heteroatoms. The number of allylic oxidation sites excluding steroid dienone is 2. The average Bonchev–Trinajstić information content (AvgIpc) is 3.62. The highest BCUT2D eigenvalue weighted by Crippen LogP contribution is 2.39. The molecule has 0 spiro atoms. The SMILES string of the molecule is CC1=CCc2ccc(NC(=O)[C@H]3CCCN(C(=O)c4c(C)cccc4F)[C@H]3c3ccc(NC4CCCC4)cc3)cc21. The molecule has 1 saturated heterocycles. The molecule has 41 heavy (non-hydrogen) atoms. The molecule has 1 heterocycles. The number of aryl methyl sites for hydroxylation is 1. The van der Waals surface area contributed by atoms with Gasteiger partial charge in [0.25, 0.3) is 5.91 Å². The zero-order valence-electron chi connectivity index (χ0n) is 23.9. The van der Waals surface area contributed by atoms with Crippen molar-refractivity contribution in [3.05, 3.63) is 100 Å². The monoisotopic (exact) mass is 551 g/mol. The van der Waals surface area contributed by atoms with Crippen LogP contribution in [0.2, 0.25) is 0 Å². The zero-order chi connectivity index (χ0) is 28.5. The summed E-state index contributed by atoms with van der Waals surface area (Å²) in [6.07, 6.45) is 9.28. The van der Waals surface area contributed by atoms with Gasteiger partial charge in [0.15, 0.2) is 0 Å². The highest BCUT2D eigenvalue weighted by molar-refractivity contribution is 5.98. The first kappa shape index (κ1) is 27.3. The number of anilines is 2. The highest BCUT2D eigenvalue weighted by atomic mass is 19.1. The number of amides is 2. The van der Waals surface area contributed by atoms with Crippen LogP contribution in [0.4, 0.5) is 15.8 Å². The van der Waals surface area contributed by atoms with Gasteiger partial charge in [-0.3, -0.25) is 9.59 Å². The van der Waals surface area contributed by atoms with Gasteiger partial charge in [0.1, 0.15) is 5.82 Å². The molecule has 1 aliphatic heterocycles. The van der Waals surface area contributed by atoms with Gasteiger partial charge in [-0.2, -0.15) is 0 Å². The maximum Gasteiger partial charge on any atom is 0.257 e. The lowest BCUT2D eigenvalue weighted by molar-refractivity contribution is -0.123. The van der Waals surface area contributed by atoms with E-state index in [1.54, 1.807) is 24.0 Å². The number of carbonyl (C=O) groups is 2. The van der Waals surface area contributed by atoms with Crippen LogP contribution in [0.5, 0.6) is 0 Å². The Morgan fingerprint density at radius 1 is 0.902 bits per heavy atom. The van der Waals surface area contributed by atoms with Crippen molar-refractivity contribution in [2.45, 2.75) is 70.9 Å². The number of nitrogens with zero attached hydrogens (tertiary/aromatic N) is 1. The van der Waals surface area contributed by atoms with Crippen molar-refractivity contribution in [3.8, 4) is 0 Å². The maximum atomic E-state index is 15.0. The van der Waals surface area contributed by atoms with Gasteiger partial charge in [-0.15, -0.1) is 0 Å². The Bertz CT molecular complexity index is 1470. The zero-order valence-corrected chi connectivity index (χ0v) is 23.9. The molecule has 212 valence electrons. The van der Waals surface area contributed by atoms with Crippen LogP contribution in [0.3, 0.4) is 0 Å². The van der Waals surface area contributed by atoms with E-state index < -0.39 is 17.8 Å². The molecule has 2 fully saturated rings. The molecule has 5 nitrogen and oxygen atoms in total. The second kappa shape index (κ2) is 11.5. The van der Waals surface area contributed by atoms with Crippen LogP contribution < -0.4 is 10.6 Å². The van der Waals surface area contributed by atoms with E-state index in [4.69, 9.17) is 0 Å². The Kier molecular flexibility index (Phi) is 7.65. The number of hydrogen-bond acceptors (Lipinski definition) is 3. The molecule has 3 aromatic carbocycles. The molecule has 0 radical (unpaired) electrons. The summed E-state index contributed by atoms with van der Waals surface area (Å²) in [5, 5.41) is 6.78. The fourth-order valence-corrected chi connectivity index (χ4v) is 6.85. The maximum absolute atomic E-state index is 15.0. The van der Waals surface area contributed by atoms with Crippen molar-refractivity contribution >= 4 is 28.8 Å². The molecule has 2 amide bonds. The van der Waals surface area contributed by atoms with Crippen molar-refractivity contribution in [1.29, 1.82) is 0 Å². The fourth-order valence-electron chi connectivity index (χ4n) is 6.85. The molecule has 6 rings (SSSR count). The molecule has 1 saturated carbocycles. The van der Waals surface area contributed by atoms with Crippen LogP contribution in [-0.4, -0.2) is 29.3 Å². The smallest absolute Gasteiger partial charge is 0.257 e. The van der Waals surface area contributed by atoms with Crippen LogP contribution in [-0.2, 0) is 11.2 Å². The molecule has 3 aliphatic rings. The summed E-state index contributed by atoms with van der Waals surface area (Å²) in [6, 6.07) is 18.9. The van der Waals surface area contributed by atoms with Crippen LogP contribution in [0.15, 0.2) is 66.7 Å². The van der Waals surface area contributed by atoms with E-state index >= 15 is 0 Å². The van der Waals surface area contributed by atoms with E-state index in [0.29, 0.717) is 31.0 Å². The third-order valence-corrected chi connectivity index (χ3v) is 9.07. The van der Waals surface area contributed by atoms with E-state index in [2.05, 4.69) is 29.7 Å². The molecular formula is C35H38FN3O2. The lowest BCUT2D eigenvalue weighted by Gasteiger charge is -2.41. The number of halogens is 1. The van der Waals surface area contributed by atoms with Crippen LogP contribution in [0.1, 0.15) is 84.1 Å². The third-order valence-electron chi connectivity index (χ3n) is 9.07. The standard InChI is InChI=1S/C35H38FN3O2/c1-22-12-13-24-14-19-28(21-30(22)24)38-34(40)29-10-6-20-39(35(41)32-23(2)7-5-11-31(32)36)33(29)25-15-17-27(18-16-25)37-26-8-3-4-9-26/h5,7,11-12,14-19,21,26,29,33,37H,3-4,6,8-10,13,20H2,1-2H3,(H,38,40)/t29-,33-/m0/s1. The molecular weight excluding hydrogens is 513 g/mol. The second-order valence-electron chi connectivity index (χ2n) is 11.8. The summed E-state index contributed by atoms with van der Waals surface area (Å²) in [6.45, 7) is 4.31. The molecule has 0 bridgehead atoms. The normalized spacial score (nSPS) is 20.5. The number of rotatable bonds is 6. The number of hydrogen-bond donors (Lipinski definition) is 2. The number of likely N-dealkylation sites (tertiary alicyclic amines) is 1. The highest BCUT2D eigenvalue weighted by Gasteiger charge is 2.40. The Morgan fingerprint density at radius 2 is 1.66 bits per heavy atom. The van der Waals surface area contributed by atoms with E-state index in [1.165, 1.54) is 48.4 Å². The van der Waals surface area contributed by atoms with Gasteiger partial charge in [-0.1, -0.05) is 49.2 Å². The molecule has 2 atom stereocenters. The first-order valence-electron chi connectivity index (χ1n) is 14.9. The summed E-state index contributed by atoms with van der Waals surface area (Å²) in [5.74, 6) is -1.49. The molecule has 0 aromatic heterocycles. The Balaban J connectivity index is 1.32. The quantitative estimate of drug-likeness (QED) is 0.330. The number of piperidine rings is 1.